The second-order valence-electron chi connectivity index (χ2n) is 3.92. The monoisotopic (exact) mass is 258 g/mol. The van der Waals surface area contributed by atoms with E-state index >= 15 is 0 Å². The van der Waals surface area contributed by atoms with Crippen LogP contribution in [0.3, 0.4) is 0 Å². The van der Waals surface area contributed by atoms with E-state index in [2.05, 4.69) is 15.0 Å². The van der Waals surface area contributed by atoms with Crippen molar-refractivity contribution in [3.05, 3.63) is 51.4 Å². The maximum absolute atomic E-state index is 11.6. The summed E-state index contributed by atoms with van der Waals surface area (Å²) in [4.78, 5) is 31.6. The summed E-state index contributed by atoms with van der Waals surface area (Å²) in [7, 11) is 1.58. The van der Waals surface area contributed by atoms with Gasteiger partial charge in [-0.1, -0.05) is 0 Å². The highest BCUT2D eigenvalue weighted by atomic mass is 16.5. The molecule has 0 aliphatic rings. The van der Waals surface area contributed by atoms with Gasteiger partial charge in [-0.25, -0.2) is 9.78 Å². The van der Waals surface area contributed by atoms with Crippen molar-refractivity contribution >= 4 is 11.2 Å². The molecule has 19 heavy (non-hydrogen) atoms. The lowest BCUT2D eigenvalue weighted by Gasteiger charge is -2.05. The second kappa shape index (κ2) is 4.13. The molecule has 2 heterocycles. The Labute approximate surface area is 106 Å². The number of ether oxygens (including phenoxy) is 1. The number of benzene rings is 1. The van der Waals surface area contributed by atoms with Gasteiger partial charge in [0.05, 0.1) is 7.11 Å². The van der Waals surface area contributed by atoms with Gasteiger partial charge in [0.25, 0.3) is 5.56 Å². The molecule has 0 fully saturated rings. The van der Waals surface area contributed by atoms with Gasteiger partial charge in [-0.3, -0.25) is 19.3 Å². The maximum atomic E-state index is 11.6. The summed E-state index contributed by atoms with van der Waals surface area (Å²) in [5, 5.41) is 0. The molecule has 7 heteroatoms. The van der Waals surface area contributed by atoms with Crippen molar-refractivity contribution in [3.63, 3.8) is 0 Å². The summed E-state index contributed by atoms with van der Waals surface area (Å²) in [6, 6.07) is 7.18. The smallest absolute Gasteiger partial charge is 0.327 e. The number of methoxy groups -OCH3 is 1. The highest BCUT2D eigenvalue weighted by Crippen LogP contribution is 2.17. The first-order valence-electron chi connectivity index (χ1n) is 5.53. The van der Waals surface area contributed by atoms with Crippen LogP contribution in [0.25, 0.3) is 16.9 Å². The number of nitrogens with zero attached hydrogens (tertiary/aromatic N) is 2. The van der Waals surface area contributed by atoms with Crippen molar-refractivity contribution in [2.45, 2.75) is 0 Å². The largest absolute Gasteiger partial charge is 0.497 e. The number of aromatic nitrogens is 4. The summed E-state index contributed by atoms with van der Waals surface area (Å²) < 4.78 is 6.70. The molecule has 2 aromatic heterocycles. The predicted molar refractivity (Wildman–Crippen MR) is 68.9 cm³/mol. The van der Waals surface area contributed by atoms with Crippen molar-refractivity contribution in [2.75, 3.05) is 7.11 Å². The summed E-state index contributed by atoms with van der Waals surface area (Å²) >= 11 is 0. The molecule has 0 spiro atoms. The van der Waals surface area contributed by atoms with E-state index in [9.17, 15) is 9.59 Å². The molecule has 0 bridgehead atoms. The van der Waals surface area contributed by atoms with Crippen LogP contribution in [0.2, 0.25) is 0 Å². The van der Waals surface area contributed by atoms with Gasteiger partial charge in [-0.05, 0) is 24.3 Å². The van der Waals surface area contributed by atoms with Gasteiger partial charge in [0.2, 0.25) is 0 Å². The third-order valence-electron chi connectivity index (χ3n) is 2.79. The lowest BCUT2D eigenvalue weighted by Crippen LogP contribution is -2.22. The molecule has 0 aliphatic carbocycles. The lowest BCUT2D eigenvalue weighted by molar-refractivity contribution is 0.415. The van der Waals surface area contributed by atoms with Crippen LogP contribution in [0.4, 0.5) is 0 Å². The summed E-state index contributed by atoms with van der Waals surface area (Å²) in [5.41, 5.74) is 0.248. The van der Waals surface area contributed by atoms with Crippen LogP contribution in [0, 0.1) is 0 Å². The van der Waals surface area contributed by atoms with Crippen molar-refractivity contribution in [1.29, 1.82) is 0 Å². The molecule has 0 atom stereocenters. The van der Waals surface area contributed by atoms with Crippen molar-refractivity contribution in [1.82, 2.24) is 19.5 Å². The molecule has 1 aromatic carbocycles. The van der Waals surface area contributed by atoms with Crippen molar-refractivity contribution in [3.8, 4) is 11.4 Å². The summed E-state index contributed by atoms with van der Waals surface area (Å²) in [6.45, 7) is 0. The Hall–Kier alpha value is -2.83. The fraction of sp³-hybridized carbons (Fsp3) is 0.0833. The molecule has 0 aliphatic heterocycles. The quantitative estimate of drug-likeness (QED) is 0.696. The van der Waals surface area contributed by atoms with E-state index in [0.29, 0.717) is 5.65 Å². The molecule has 96 valence electrons. The van der Waals surface area contributed by atoms with Gasteiger partial charge in [0.15, 0.2) is 11.2 Å². The molecule has 0 saturated carbocycles. The lowest BCUT2D eigenvalue weighted by atomic mass is 10.3. The zero-order valence-electron chi connectivity index (χ0n) is 10.0. The molecule has 0 amide bonds. The standard InChI is InChI=1S/C12H10N4O3/c1-19-8-4-2-7(3-5-8)16-6-13-9-10(16)14-12(18)15-11(9)17/h2-6H,1H3,(H2,14,15,17,18). The maximum Gasteiger partial charge on any atom is 0.327 e. The zero-order valence-corrected chi connectivity index (χ0v) is 10.0. The average molecular weight is 258 g/mol. The molecule has 3 aromatic rings. The van der Waals surface area contributed by atoms with E-state index in [-0.39, 0.29) is 5.52 Å². The molecule has 0 saturated heterocycles. The minimum Gasteiger partial charge on any atom is -0.497 e. The highest BCUT2D eigenvalue weighted by Gasteiger charge is 2.09. The Morgan fingerprint density at radius 2 is 1.89 bits per heavy atom. The van der Waals surface area contributed by atoms with Gasteiger partial charge in [-0.2, -0.15) is 0 Å². The van der Waals surface area contributed by atoms with Gasteiger partial charge < -0.3 is 4.74 Å². The van der Waals surface area contributed by atoms with Crippen LogP contribution in [-0.4, -0.2) is 26.6 Å². The zero-order chi connectivity index (χ0) is 13.4. The molecular formula is C12H10N4O3. The van der Waals surface area contributed by atoms with E-state index in [1.54, 1.807) is 35.9 Å². The molecule has 2 N–H and O–H groups in total. The Morgan fingerprint density at radius 3 is 2.58 bits per heavy atom. The first kappa shape index (κ1) is 11.3. The number of rotatable bonds is 2. The third kappa shape index (κ3) is 1.81. The Kier molecular flexibility index (Phi) is 2.45. The number of nitrogens with one attached hydrogen (secondary N) is 2. The Morgan fingerprint density at radius 1 is 1.16 bits per heavy atom. The summed E-state index contributed by atoms with van der Waals surface area (Å²) in [5.74, 6) is 0.722. The predicted octanol–water partition coefficient (Wildman–Crippen LogP) is 0.411. The Balaban J connectivity index is 2.24. The fourth-order valence-electron chi connectivity index (χ4n) is 1.87. The van der Waals surface area contributed by atoms with Crippen LogP contribution in [0.5, 0.6) is 5.75 Å². The second-order valence-corrected chi connectivity index (χ2v) is 3.92. The minimum atomic E-state index is -0.562. The normalized spacial score (nSPS) is 10.8. The third-order valence-corrected chi connectivity index (χ3v) is 2.79. The van der Waals surface area contributed by atoms with E-state index in [1.807, 2.05) is 0 Å². The first-order valence-corrected chi connectivity index (χ1v) is 5.53. The van der Waals surface area contributed by atoms with Crippen LogP contribution in [0.1, 0.15) is 0 Å². The molecule has 0 radical (unpaired) electrons. The topological polar surface area (TPSA) is 92.8 Å². The molecule has 0 unspecified atom stereocenters. The van der Waals surface area contributed by atoms with E-state index < -0.39 is 11.2 Å². The van der Waals surface area contributed by atoms with Crippen LogP contribution in [-0.2, 0) is 0 Å². The summed E-state index contributed by atoms with van der Waals surface area (Å²) in [6.07, 6.45) is 1.48. The SMILES string of the molecule is COc1ccc(-n2cnc3c(=O)[nH]c(=O)[nH]c32)cc1. The van der Waals surface area contributed by atoms with Gasteiger partial charge in [0.1, 0.15) is 12.1 Å². The number of fused-ring (bicyclic) bond motifs is 1. The number of imidazole rings is 1. The van der Waals surface area contributed by atoms with E-state index in [4.69, 9.17) is 4.74 Å². The fourth-order valence-corrected chi connectivity index (χ4v) is 1.87. The van der Waals surface area contributed by atoms with E-state index in [1.165, 1.54) is 6.33 Å². The molecule has 3 rings (SSSR count). The van der Waals surface area contributed by atoms with Crippen LogP contribution in [0.15, 0.2) is 40.2 Å². The number of aromatic amines is 2. The van der Waals surface area contributed by atoms with Crippen molar-refractivity contribution in [2.24, 2.45) is 0 Å². The number of H-pyrrole nitrogens is 2. The first-order chi connectivity index (χ1) is 9.19. The van der Waals surface area contributed by atoms with Gasteiger partial charge in [0, 0.05) is 5.69 Å². The molecule has 7 nitrogen and oxygen atoms in total. The number of hydrogen-bond donors (Lipinski definition) is 2. The van der Waals surface area contributed by atoms with E-state index in [0.717, 1.165) is 11.4 Å². The van der Waals surface area contributed by atoms with Crippen LogP contribution >= 0.6 is 0 Å². The molecular weight excluding hydrogens is 248 g/mol. The highest BCUT2D eigenvalue weighted by molar-refractivity contribution is 5.71. The number of hydrogen-bond acceptors (Lipinski definition) is 4. The van der Waals surface area contributed by atoms with Crippen LogP contribution < -0.4 is 16.0 Å². The van der Waals surface area contributed by atoms with Gasteiger partial charge in [-0.15, -0.1) is 0 Å². The Bertz CT molecular complexity index is 842. The van der Waals surface area contributed by atoms with Gasteiger partial charge >= 0.3 is 5.69 Å². The minimum absolute atomic E-state index is 0.190. The van der Waals surface area contributed by atoms with Crippen molar-refractivity contribution < 1.29 is 4.74 Å². The average Bonchev–Trinajstić information content (AvgIpc) is 2.83.